The fourth-order valence-electron chi connectivity index (χ4n) is 0.284. The molecule has 3 nitrogen and oxygen atoms in total. The van der Waals surface area contributed by atoms with Crippen LogP contribution in [0.25, 0.3) is 0 Å². The van der Waals surface area contributed by atoms with E-state index in [1.165, 1.54) is 0 Å². The average molecular weight is 145 g/mol. The average Bonchev–Trinajstić information content (AvgIpc) is 1.59. The van der Waals surface area contributed by atoms with Gasteiger partial charge in [-0.25, -0.2) is 0 Å². The maximum absolute atomic E-state index is 9.79. The zero-order valence-corrected chi connectivity index (χ0v) is 6.92. The smallest absolute Gasteiger partial charge is 0.226 e. The molecule has 0 fully saturated rings. The summed E-state index contributed by atoms with van der Waals surface area (Å²) in [5.74, 6) is 0. The Morgan fingerprint density at radius 2 is 1.89 bits per heavy atom. The van der Waals surface area contributed by atoms with Crippen LogP contribution in [0.4, 0.5) is 0 Å². The molecule has 0 amide bonds. The molecule has 0 N–H and O–H groups in total. The molecule has 0 aromatic rings. The molecule has 0 saturated heterocycles. The second kappa shape index (κ2) is 2.77. The van der Waals surface area contributed by atoms with E-state index in [1.54, 1.807) is 5.70 Å². The molecule has 0 unspecified atom stereocenters. The molecule has 0 atom stereocenters. The summed E-state index contributed by atoms with van der Waals surface area (Å²) in [4.78, 5) is 9.37. The first-order valence-electron chi connectivity index (χ1n) is 2.75. The lowest BCUT2D eigenvalue weighted by Crippen LogP contribution is -2.15. The number of hydrogen-bond acceptors (Lipinski definition) is 2. The first-order valence-corrected chi connectivity index (χ1v) is 6.32. The van der Waals surface area contributed by atoms with Gasteiger partial charge in [0.05, 0.1) is 13.0 Å². The predicted molar refractivity (Wildman–Crippen MR) is 39.5 cm³/mol. The highest BCUT2D eigenvalue weighted by Gasteiger charge is 2.08. The molecule has 0 radical (unpaired) electrons. The normalized spacial score (nSPS) is 12.3. The van der Waals surface area contributed by atoms with Gasteiger partial charge in [-0.05, 0) is 5.70 Å². The molecule has 0 heterocycles. The van der Waals surface area contributed by atoms with Crippen molar-refractivity contribution in [2.45, 2.75) is 19.6 Å². The molecule has 0 spiro atoms. The molecule has 0 saturated carbocycles. The molecule has 9 heavy (non-hydrogen) atoms. The van der Waals surface area contributed by atoms with Crippen molar-refractivity contribution in [2.75, 3.05) is 0 Å². The van der Waals surface area contributed by atoms with Crippen LogP contribution in [0.3, 0.4) is 0 Å². The minimum Gasteiger partial charge on any atom is -0.259 e. The van der Waals surface area contributed by atoms with Crippen LogP contribution in [0.5, 0.6) is 0 Å². The molecule has 0 aliphatic heterocycles. The van der Waals surface area contributed by atoms with Crippen LogP contribution < -0.4 is 0 Å². The molecule has 0 rings (SSSR count). The maximum Gasteiger partial charge on any atom is 0.226 e. The van der Waals surface area contributed by atoms with E-state index in [9.17, 15) is 10.1 Å². The molecular weight excluding hydrogens is 134 g/mol. The summed E-state index contributed by atoms with van der Waals surface area (Å²) < 4.78 is 0. The zero-order valence-electron chi connectivity index (χ0n) is 5.92. The van der Waals surface area contributed by atoms with Gasteiger partial charge in [0.25, 0.3) is 0 Å². The maximum atomic E-state index is 9.79. The van der Waals surface area contributed by atoms with Crippen molar-refractivity contribution >= 4 is 8.07 Å². The number of nitro groups is 1. The van der Waals surface area contributed by atoms with Gasteiger partial charge in [0.15, 0.2) is 0 Å². The highest BCUT2D eigenvalue weighted by atomic mass is 28.3. The van der Waals surface area contributed by atoms with Crippen LogP contribution in [0.15, 0.2) is 11.9 Å². The van der Waals surface area contributed by atoms with Crippen molar-refractivity contribution in [3.05, 3.63) is 22.0 Å². The van der Waals surface area contributed by atoms with E-state index in [-0.39, 0.29) is 0 Å². The Morgan fingerprint density at radius 1 is 1.44 bits per heavy atom. The van der Waals surface area contributed by atoms with Gasteiger partial charge in [-0.2, -0.15) is 0 Å². The van der Waals surface area contributed by atoms with Crippen LogP contribution in [-0.2, 0) is 0 Å². The zero-order chi connectivity index (χ0) is 7.49. The van der Waals surface area contributed by atoms with Crippen molar-refractivity contribution in [3.8, 4) is 0 Å². The standard InChI is InChI=1S/C5H11NO2Si/c1-9(2,3)5-4-6(7)8/h4-5H,1-3H3/b5-4+. The molecule has 0 bridgehead atoms. The Labute approximate surface area is 55.5 Å². The first-order chi connectivity index (χ1) is 3.92. The van der Waals surface area contributed by atoms with Gasteiger partial charge in [-0.15, -0.1) is 0 Å². The highest BCUT2D eigenvalue weighted by molar-refractivity contribution is 6.80. The summed E-state index contributed by atoms with van der Waals surface area (Å²) >= 11 is 0. The SMILES string of the molecule is C[Si](C)(C)/C=C/[N+](=O)[O-]. The van der Waals surface area contributed by atoms with Crippen LogP contribution in [0.2, 0.25) is 19.6 Å². The van der Waals surface area contributed by atoms with Crippen LogP contribution in [-0.4, -0.2) is 13.0 Å². The van der Waals surface area contributed by atoms with Gasteiger partial charge in [0.1, 0.15) is 0 Å². The monoisotopic (exact) mass is 145 g/mol. The Balaban J connectivity index is 3.86. The third-order valence-corrected chi connectivity index (χ3v) is 1.85. The van der Waals surface area contributed by atoms with E-state index in [2.05, 4.69) is 0 Å². The summed E-state index contributed by atoms with van der Waals surface area (Å²) in [6.07, 6.45) is 1.03. The van der Waals surface area contributed by atoms with Gasteiger partial charge in [0.2, 0.25) is 6.20 Å². The third-order valence-electron chi connectivity index (χ3n) is 0.696. The Hall–Kier alpha value is -0.643. The summed E-state index contributed by atoms with van der Waals surface area (Å²) in [6.45, 7) is 6.15. The molecule has 0 aliphatic rings. The summed E-state index contributed by atoms with van der Waals surface area (Å²) in [7, 11) is -1.34. The largest absolute Gasteiger partial charge is 0.259 e. The van der Waals surface area contributed by atoms with E-state index in [1.807, 2.05) is 19.6 Å². The van der Waals surface area contributed by atoms with Gasteiger partial charge in [-0.1, -0.05) is 19.6 Å². The van der Waals surface area contributed by atoms with E-state index >= 15 is 0 Å². The lowest BCUT2D eigenvalue weighted by molar-refractivity contribution is -0.402. The van der Waals surface area contributed by atoms with Crippen molar-refractivity contribution in [3.63, 3.8) is 0 Å². The summed E-state index contributed by atoms with van der Waals surface area (Å²) in [5, 5.41) is 9.79. The minimum atomic E-state index is -1.34. The van der Waals surface area contributed by atoms with E-state index in [0.29, 0.717) is 0 Å². The second-order valence-corrected chi connectivity index (χ2v) is 8.03. The minimum absolute atomic E-state index is 0.418. The van der Waals surface area contributed by atoms with Crippen molar-refractivity contribution < 1.29 is 4.92 Å². The Bertz CT molecular complexity index is 136. The number of nitrogens with zero attached hydrogens (tertiary/aromatic N) is 1. The quantitative estimate of drug-likeness (QED) is 0.337. The Morgan fingerprint density at radius 3 is 2.00 bits per heavy atom. The summed E-state index contributed by atoms with van der Waals surface area (Å²) in [5.41, 5.74) is 1.70. The molecule has 0 aromatic heterocycles. The van der Waals surface area contributed by atoms with Crippen LogP contribution >= 0.6 is 0 Å². The van der Waals surface area contributed by atoms with Gasteiger partial charge in [-0.3, -0.25) is 10.1 Å². The molecular formula is C5H11NO2Si. The second-order valence-electron chi connectivity index (χ2n) is 2.97. The van der Waals surface area contributed by atoms with Gasteiger partial charge in [0, 0.05) is 0 Å². The lowest BCUT2D eigenvalue weighted by Gasteiger charge is -2.04. The van der Waals surface area contributed by atoms with Gasteiger partial charge >= 0.3 is 0 Å². The predicted octanol–water partition coefficient (Wildman–Crippen LogP) is 1.65. The fourth-order valence-corrected chi connectivity index (χ4v) is 0.853. The van der Waals surface area contributed by atoms with Crippen molar-refractivity contribution in [2.24, 2.45) is 0 Å². The number of rotatable bonds is 2. The topological polar surface area (TPSA) is 43.1 Å². The van der Waals surface area contributed by atoms with E-state index in [4.69, 9.17) is 0 Å². The molecule has 0 aliphatic carbocycles. The highest BCUT2D eigenvalue weighted by Crippen LogP contribution is 2.00. The van der Waals surface area contributed by atoms with Crippen molar-refractivity contribution in [1.29, 1.82) is 0 Å². The fraction of sp³-hybridized carbons (Fsp3) is 0.600. The van der Waals surface area contributed by atoms with Crippen LogP contribution in [0, 0.1) is 10.1 Å². The van der Waals surface area contributed by atoms with Gasteiger partial charge < -0.3 is 0 Å². The summed E-state index contributed by atoms with van der Waals surface area (Å²) in [6, 6.07) is 0. The van der Waals surface area contributed by atoms with Crippen molar-refractivity contribution in [1.82, 2.24) is 0 Å². The molecule has 4 heteroatoms. The number of hydrogen-bond donors (Lipinski definition) is 0. The Kier molecular flexibility index (Phi) is 2.57. The lowest BCUT2D eigenvalue weighted by atomic mass is 11.1. The molecule has 0 aromatic carbocycles. The third kappa shape index (κ3) is 7.36. The molecule has 52 valence electrons. The van der Waals surface area contributed by atoms with E-state index < -0.39 is 13.0 Å². The van der Waals surface area contributed by atoms with Crippen LogP contribution in [0.1, 0.15) is 0 Å². The van der Waals surface area contributed by atoms with E-state index in [0.717, 1.165) is 6.20 Å². The first kappa shape index (κ1) is 8.36.